The minimum absolute atomic E-state index is 0.00259. The third-order valence-electron chi connectivity index (χ3n) is 3.78. The zero-order chi connectivity index (χ0) is 13.4. The van der Waals surface area contributed by atoms with Gasteiger partial charge in [0, 0.05) is 19.1 Å². The number of amides is 1. The number of likely N-dealkylation sites (tertiary alicyclic amines) is 1. The highest BCUT2D eigenvalue weighted by atomic mass is 35.5. The molecule has 1 fully saturated rings. The number of aryl methyl sites for hydroxylation is 2. The SMILES string of the molecule is Cc1nn(C)c(C(=O)N2[C@H](C)CCC[C@H]2C)c1Cl. The molecule has 100 valence electrons. The topological polar surface area (TPSA) is 38.1 Å². The molecule has 0 radical (unpaired) electrons. The molecule has 4 nitrogen and oxygen atoms in total. The summed E-state index contributed by atoms with van der Waals surface area (Å²) in [6.07, 6.45) is 3.30. The Hall–Kier alpha value is -1.03. The normalized spacial score (nSPS) is 24.4. The zero-order valence-corrected chi connectivity index (χ0v) is 12.2. The fraction of sp³-hybridized carbons (Fsp3) is 0.692. The van der Waals surface area contributed by atoms with E-state index in [2.05, 4.69) is 18.9 Å². The fourth-order valence-corrected chi connectivity index (χ4v) is 3.05. The van der Waals surface area contributed by atoms with Gasteiger partial charge in [0.1, 0.15) is 5.69 Å². The van der Waals surface area contributed by atoms with Crippen molar-refractivity contribution in [2.75, 3.05) is 0 Å². The summed E-state index contributed by atoms with van der Waals surface area (Å²) in [6.45, 7) is 6.03. The van der Waals surface area contributed by atoms with Crippen molar-refractivity contribution in [3.05, 3.63) is 16.4 Å². The van der Waals surface area contributed by atoms with E-state index in [1.807, 2.05) is 11.8 Å². The first-order chi connectivity index (χ1) is 8.43. The molecule has 1 amide bonds. The van der Waals surface area contributed by atoms with E-state index < -0.39 is 0 Å². The molecule has 18 heavy (non-hydrogen) atoms. The molecule has 5 heteroatoms. The highest BCUT2D eigenvalue weighted by molar-refractivity contribution is 6.34. The van der Waals surface area contributed by atoms with E-state index in [1.54, 1.807) is 11.7 Å². The van der Waals surface area contributed by atoms with Gasteiger partial charge in [-0.1, -0.05) is 11.6 Å². The molecule has 1 aromatic rings. The number of hydrogen-bond donors (Lipinski definition) is 0. The summed E-state index contributed by atoms with van der Waals surface area (Å²) in [5.74, 6) is 0.00259. The average Bonchev–Trinajstić information content (AvgIpc) is 2.52. The predicted molar refractivity (Wildman–Crippen MR) is 71.9 cm³/mol. The molecule has 0 aromatic carbocycles. The van der Waals surface area contributed by atoms with Crippen molar-refractivity contribution in [2.24, 2.45) is 7.05 Å². The Kier molecular flexibility index (Phi) is 3.66. The van der Waals surface area contributed by atoms with Crippen LogP contribution < -0.4 is 0 Å². The Morgan fingerprint density at radius 2 is 1.89 bits per heavy atom. The van der Waals surface area contributed by atoms with Crippen LogP contribution in [-0.4, -0.2) is 32.7 Å². The van der Waals surface area contributed by atoms with Gasteiger partial charge in [0.05, 0.1) is 10.7 Å². The largest absolute Gasteiger partial charge is 0.332 e. The molecule has 1 saturated heterocycles. The second kappa shape index (κ2) is 4.92. The van der Waals surface area contributed by atoms with E-state index in [4.69, 9.17) is 11.6 Å². The highest BCUT2D eigenvalue weighted by Gasteiger charge is 2.32. The summed E-state index contributed by atoms with van der Waals surface area (Å²) >= 11 is 6.19. The molecule has 1 aromatic heterocycles. The predicted octanol–water partition coefficient (Wildman–Crippen LogP) is 2.79. The van der Waals surface area contributed by atoms with Gasteiger partial charge in [-0.15, -0.1) is 0 Å². The molecule has 0 N–H and O–H groups in total. The van der Waals surface area contributed by atoms with Crippen LogP contribution in [0, 0.1) is 6.92 Å². The second-order valence-corrected chi connectivity index (χ2v) is 5.59. The van der Waals surface area contributed by atoms with Crippen LogP contribution in [0.25, 0.3) is 0 Å². The number of aromatic nitrogens is 2. The molecule has 2 atom stereocenters. The fourth-order valence-electron chi connectivity index (χ4n) is 2.81. The van der Waals surface area contributed by atoms with Gasteiger partial charge in [0.15, 0.2) is 0 Å². The number of nitrogens with zero attached hydrogens (tertiary/aromatic N) is 3. The third-order valence-corrected chi connectivity index (χ3v) is 4.23. The number of piperidine rings is 1. The van der Waals surface area contributed by atoms with Gasteiger partial charge >= 0.3 is 0 Å². The van der Waals surface area contributed by atoms with E-state index in [1.165, 1.54) is 6.42 Å². The first kappa shape index (κ1) is 13.4. The van der Waals surface area contributed by atoms with Crippen molar-refractivity contribution >= 4 is 17.5 Å². The molecule has 2 heterocycles. The van der Waals surface area contributed by atoms with E-state index in [0.717, 1.165) is 12.8 Å². The Bertz CT molecular complexity index is 459. The molecule has 1 aliphatic heterocycles. The van der Waals surface area contributed by atoms with Crippen LogP contribution in [-0.2, 0) is 7.05 Å². The first-order valence-electron chi connectivity index (χ1n) is 6.45. The molecular formula is C13H20ClN3O. The van der Waals surface area contributed by atoms with Crippen molar-refractivity contribution < 1.29 is 4.79 Å². The van der Waals surface area contributed by atoms with Crippen LogP contribution in [0.5, 0.6) is 0 Å². The average molecular weight is 270 g/mol. The van der Waals surface area contributed by atoms with Crippen molar-refractivity contribution in [3.63, 3.8) is 0 Å². The molecule has 2 rings (SSSR count). The van der Waals surface area contributed by atoms with Crippen molar-refractivity contribution in [1.82, 2.24) is 14.7 Å². The summed E-state index contributed by atoms with van der Waals surface area (Å²) < 4.78 is 1.59. The summed E-state index contributed by atoms with van der Waals surface area (Å²) in [4.78, 5) is 14.6. The van der Waals surface area contributed by atoms with Crippen molar-refractivity contribution in [3.8, 4) is 0 Å². The minimum atomic E-state index is 0.00259. The highest BCUT2D eigenvalue weighted by Crippen LogP contribution is 2.27. The Morgan fingerprint density at radius 1 is 1.33 bits per heavy atom. The molecule has 0 bridgehead atoms. The molecule has 0 unspecified atom stereocenters. The van der Waals surface area contributed by atoms with Gasteiger partial charge in [-0.2, -0.15) is 5.10 Å². The maximum Gasteiger partial charge on any atom is 0.274 e. The molecular weight excluding hydrogens is 250 g/mol. The smallest absolute Gasteiger partial charge is 0.274 e. The molecule has 1 aliphatic rings. The van der Waals surface area contributed by atoms with Crippen LogP contribution in [0.1, 0.15) is 49.3 Å². The van der Waals surface area contributed by atoms with Crippen LogP contribution >= 0.6 is 11.6 Å². The summed E-state index contributed by atoms with van der Waals surface area (Å²) in [7, 11) is 1.77. The quantitative estimate of drug-likeness (QED) is 0.786. The Labute approximate surface area is 113 Å². The lowest BCUT2D eigenvalue weighted by molar-refractivity contribution is 0.0499. The monoisotopic (exact) mass is 269 g/mol. The number of halogens is 1. The molecule has 0 aliphatic carbocycles. The van der Waals surface area contributed by atoms with Gasteiger partial charge in [-0.3, -0.25) is 9.48 Å². The lowest BCUT2D eigenvalue weighted by Gasteiger charge is -2.39. The molecule has 0 spiro atoms. The summed E-state index contributed by atoms with van der Waals surface area (Å²) in [5.41, 5.74) is 1.22. The summed E-state index contributed by atoms with van der Waals surface area (Å²) in [5, 5.41) is 4.69. The lowest BCUT2D eigenvalue weighted by atomic mass is 9.97. The Balaban J connectivity index is 2.35. The van der Waals surface area contributed by atoms with Gasteiger partial charge in [-0.25, -0.2) is 0 Å². The van der Waals surface area contributed by atoms with E-state index in [9.17, 15) is 4.79 Å². The number of carbonyl (C=O) groups excluding carboxylic acids is 1. The van der Waals surface area contributed by atoms with Crippen LogP contribution in [0.2, 0.25) is 5.02 Å². The van der Waals surface area contributed by atoms with Crippen molar-refractivity contribution in [1.29, 1.82) is 0 Å². The zero-order valence-electron chi connectivity index (χ0n) is 11.4. The third kappa shape index (κ3) is 2.14. The standard InChI is InChI=1S/C13H20ClN3O/c1-8-6-5-7-9(2)17(8)13(18)12-11(14)10(3)15-16(12)4/h8-9H,5-7H2,1-4H3/t8-,9-/m1/s1. The van der Waals surface area contributed by atoms with Crippen LogP contribution in [0.3, 0.4) is 0 Å². The number of rotatable bonds is 1. The van der Waals surface area contributed by atoms with Crippen molar-refractivity contribution in [2.45, 2.75) is 52.1 Å². The minimum Gasteiger partial charge on any atom is -0.332 e. The van der Waals surface area contributed by atoms with Gasteiger partial charge in [0.25, 0.3) is 5.91 Å². The molecule has 0 saturated carbocycles. The van der Waals surface area contributed by atoms with E-state index in [-0.39, 0.29) is 18.0 Å². The number of carbonyl (C=O) groups is 1. The van der Waals surface area contributed by atoms with Gasteiger partial charge in [0.2, 0.25) is 0 Å². The van der Waals surface area contributed by atoms with Gasteiger partial charge < -0.3 is 4.90 Å². The van der Waals surface area contributed by atoms with Crippen LogP contribution in [0.4, 0.5) is 0 Å². The maximum atomic E-state index is 12.7. The van der Waals surface area contributed by atoms with E-state index >= 15 is 0 Å². The second-order valence-electron chi connectivity index (χ2n) is 5.21. The Morgan fingerprint density at radius 3 is 2.33 bits per heavy atom. The lowest BCUT2D eigenvalue weighted by Crippen LogP contribution is -2.48. The summed E-state index contributed by atoms with van der Waals surface area (Å²) in [6, 6.07) is 0.542. The maximum absolute atomic E-state index is 12.7. The van der Waals surface area contributed by atoms with Gasteiger partial charge in [-0.05, 0) is 40.0 Å². The number of hydrogen-bond acceptors (Lipinski definition) is 2. The first-order valence-corrected chi connectivity index (χ1v) is 6.83. The van der Waals surface area contributed by atoms with Crippen LogP contribution in [0.15, 0.2) is 0 Å². The van der Waals surface area contributed by atoms with E-state index in [0.29, 0.717) is 16.4 Å².